The van der Waals surface area contributed by atoms with Crippen LogP contribution in [0.3, 0.4) is 0 Å². The van der Waals surface area contributed by atoms with Gasteiger partial charge in [0.1, 0.15) is 5.82 Å². The van der Waals surface area contributed by atoms with E-state index in [4.69, 9.17) is 15.2 Å². The number of anilines is 1. The molecule has 2 aromatic heterocycles. The molecule has 1 aromatic carbocycles. The standard InChI is InChI=1S/C22H24N6O4S/c1-11-7-12(2)25-22(24-11)28-21-19(13(3)27-28)20(33-10-18(30)26-21)14-5-6-15(16(8-14)31-4)32-9-17(23)29/h5-8,20H,9-10H2,1-4H3,(H2,23,29)(H,26,30)/t20-/m0/s1. The largest absolute Gasteiger partial charge is 0.493 e. The number of primary amides is 1. The Morgan fingerprint density at radius 3 is 2.61 bits per heavy atom. The van der Waals surface area contributed by atoms with Crippen LogP contribution in [0.1, 0.15) is 33.5 Å². The van der Waals surface area contributed by atoms with Gasteiger partial charge in [-0.2, -0.15) is 9.78 Å². The number of aromatic nitrogens is 4. The van der Waals surface area contributed by atoms with Crippen molar-refractivity contribution in [1.82, 2.24) is 19.7 Å². The molecule has 172 valence electrons. The molecule has 0 unspecified atom stereocenters. The molecule has 3 aromatic rings. The molecule has 3 N–H and O–H groups in total. The molecule has 1 aliphatic heterocycles. The molecule has 1 atom stereocenters. The lowest BCUT2D eigenvalue weighted by Gasteiger charge is -2.18. The van der Waals surface area contributed by atoms with Crippen LogP contribution in [0.4, 0.5) is 5.82 Å². The highest BCUT2D eigenvalue weighted by molar-refractivity contribution is 8.00. The average molecular weight is 469 g/mol. The Labute approximate surface area is 194 Å². The molecule has 0 saturated carbocycles. The molecular formula is C22H24N6O4S. The summed E-state index contributed by atoms with van der Waals surface area (Å²) < 4.78 is 12.5. The summed E-state index contributed by atoms with van der Waals surface area (Å²) in [6.07, 6.45) is 0. The van der Waals surface area contributed by atoms with Crippen LogP contribution in [-0.4, -0.2) is 51.0 Å². The van der Waals surface area contributed by atoms with E-state index in [1.54, 1.807) is 10.7 Å². The van der Waals surface area contributed by atoms with Crippen LogP contribution < -0.4 is 20.5 Å². The smallest absolute Gasteiger partial charge is 0.255 e. The number of nitrogens with two attached hydrogens (primary N) is 1. The van der Waals surface area contributed by atoms with E-state index in [-0.39, 0.29) is 23.5 Å². The molecule has 11 heteroatoms. The number of thioether (sulfide) groups is 1. The summed E-state index contributed by atoms with van der Waals surface area (Å²) in [7, 11) is 1.52. The van der Waals surface area contributed by atoms with E-state index < -0.39 is 5.91 Å². The van der Waals surface area contributed by atoms with Crippen molar-refractivity contribution in [2.75, 3.05) is 24.8 Å². The van der Waals surface area contributed by atoms with Crippen LogP contribution in [0, 0.1) is 20.8 Å². The molecule has 0 radical (unpaired) electrons. The minimum absolute atomic E-state index is 0.136. The van der Waals surface area contributed by atoms with Gasteiger partial charge in [-0.1, -0.05) is 6.07 Å². The topological polar surface area (TPSA) is 134 Å². The number of fused-ring (bicyclic) bond motifs is 1. The number of nitrogens with zero attached hydrogens (tertiary/aromatic N) is 4. The lowest BCUT2D eigenvalue weighted by atomic mass is 10.0. The van der Waals surface area contributed by atoms with E-state index >= 15 is 0 Å². The molecular weight excluding hydrogens is 444 g/mol. The van der Waals surface area contributed by atoms with E-state index in [9.17, 15) is 9.59 Å². The van der Waals surface area contributed by atoms with Crippen LogP contribution in [0.5, 0.6) is 11.5 Å². The maximum absolute atomic E-state index is 12.6. The first-order valence-corrected chi connectivity index (χ1v) is 11.2. The van der Waals surface area contributed by atoms with E-state index in [0.717, 1.165) is 28.2 Å². The number of benzene rings is 1. The maximum atomic E-state index is 12.6. The molecule has 3 heterocycles. The van der Waals surface area contributed by atoms with Crippen molar-refractivity contribution < 1.29 is 19.1 Å². The third-order valence-corrected chi connectivity index (χ3v) is 6.30. The van der Waals surface area contributed by atoms with E-state index in [1.165, 1.54) is 18.9 Å². The second-order valence-electron chi connectivity index (χ2n) is 7.61. The van der Waals surface area contributed by atoms with Crippen molar-refractivity contribution in [1.29, 1.82) is 0 Å². The molecule has 0 spiro atoms. The molecule has 10 nitrogen and oxygen atoms in total. The Morgan fingerprint density at radius 1 is 1.21 bits per heavy atom. The summed E-state index contributed by atoms with van der Waals surface area (Å²) in [4.78, 5) is 32.7. The predicted octanol–water partition coefficient (Wildman–Crippen LogP) is 2.23. The van der Waals surface area contributed by atoms with Gasteiger partial charge in [-0.15, -0.1) is 11.8 Å². The van der Waals surface area contributed by atoms with Gasteiger partial charge in [-0.05, 0) is 44.5 Å². The van der Waals surface area contributed by atoms with Gasteiger partial charge >= 0.3 is 0 Å². The first-order chi connectivity index (χ1) is 15.8. The van der Waals surface area contributed by atoms with E-state index in [0.29, 0.717) is 23.3 Å². The number of hydrogen-bond acceptors (Lipinski definition) is 8. The lowest BCUT2D eigenvalue weighted by molar-refractivity contribution is -0.120. The summed E-state index contributed by atoms with van der Waals surface area (Å²) >= 11 is 1.48. The van der Waals surface area contributed by atoms with Crippen LogP contribution in [0.25, 0.3) is 5.95 Å². The number of carbonyl (C=O) groups excluding carboxylic acids is 2. The van der Waals surface area contributed by atoms with Gasteiger partial charge in [-0.3, -0.25) is 9.59 Å². The molecule has 2 amide bonds. The highest BCUT2D eigenvalue weighted by Gasteiger charge is 2.31. The number of amides is 2. The zero-order chi connectivity index (χ0) is 23.7. The van der Waals surface area contributed by atoms with E-state index in [1.807, 2.05) is 39.0 Å². The molecule has 0 saturated heterocycles. The van der Waals surface area contributed by atoms with Crippen molar-refractivity contribution in [3.05, 3.63) is 52.5 Å². The highest BCUT2D eigenvalue weighted by Crippen LogP contribution is 2.45. The Bertz CT molecular complexity index is 1220. The van der Waals surface area contributed by atoms with Crippen molar-refractivity contribution in [3.8, 4) is 17.4 Å². The Hall–Kier alpha value is -3.60. The summed E-state index contributed by atoms with van der Waals surface area (Å²) in [5.41, 5.74) is 9.30. The average Bonchev–Trinajstić information content (AvgIpc) is 2.96. The number of methoxy groups -OCH3 is 1. The highest BCUT2D eigenvalue weighted by atomic mass is 32.2. The Kier molecular flexibility index (Phi) is 6.23. The van der Waals surface area contributed by atoms with Gasteiger partial charge in [0.2, 0.25) is 5.91 Å². The second-order valence-corrected chi connectivity index (χ2v) is 8.71. The number of carbonyl (C=O) groups is 2. The van der Waals surface area contributed by atoms with Gasteiger partial charge < -0.3 is 20.5 Å². The van der Waals surface area contributed by atoms with Crippen molar-refractivity contribution in [3.63, 3.8) is 0 Å². The van der Waals surface area contributed by atoms with Crippen molar-refractivity contribution in [2.24, 2.45) is 5.73 Å². The van der Waals surface area contributed by atoms with Crippen LogP contribution >= 0.6 is 11.8 Å². The minimum Gasteiger partial charge on any atom is -0.493 e. The fourth-order valence-corrected chi connectivity index (χ4v) is 4.89. The zero-order valence-electron chi connectivity index (χ0n) is 18.7. The zero-order valence-corrected chi connectivity index (χ0v) is 19.5. The predicted molar refractivity (Wildman–Crippen MR) is 124 cm³/mol. The van der Waals surface area contributed by atoms with Gasteiger partial charge in [0.15, 0.2) is 18.1 Å². The number of aryl methyl sites for hydroxylation is 3. The Balaban J connectivity index is 1.80. The van der Waals surface area contributed by atoms with Crippen LogP contribution in [0.2, 0.25) is 0 Å². The fourth-order valence-electron chi connectivity index (χ4n) is 3.71. The third-order valence-electron chi connectivity index (χ3n) is 5.03. The third kappa shape index (κ3) is 4.63. The Morgan fingerprint density at radius 2 is 1.94 bits per heavy atom. The first-order valence-electron chi connectivity index (χ1n) is 10.2. The quantitative estimate of drug-likeness (QED) is 0.562. The number of rotatable bonds is 6. The minimum atomic E-state index is -0.577. The van der Waals surface area contributed by atoms with Gasteiger partial charge in [0.05, 0.1) is 23.8 Å². The van der Waals surface area contributed by atoms with Gasteiger partial charge in [-0.25, -0.2) is 9.97 Å². The molecule has 0 fully saturated rings. The molecule has 1 aliphatic rings. The molecule has 0 bridgehead atoms. The van der Waals surface area contributed by atoms with Crippen molar-refractivity contribution >= 4 is 29.4 Å². The maximum Gasteiger partial charge on any atom is 0.255 e. The van der Waals surface area contributed by atoms with Crippen LogP contribution in [0.15, 0.2) is 24.3 Å². The van der Waals surface area contributed by atoms with E-state index in [2.05, 4.69) is 20.4 Å². The SMILES string of the molecule is COc1cc([C@@H]2SCC(=O)Nc3c2c(C)nn3-c2nc(C)cc(C)n2)ccc1OCC(N)=O. The summed E-state index contributed by atoms with van der Waals surface area (Å²) in [5.74, 6) is 1.36. The normalized spacial score (nSPS) is 15.4. The summed E-state index contributed by atoms with van der Waals surface area (Å²) in [5, 5.41) is 7.43. The summed E-state index contributed by atoms with van der Waals surface area (Å²) in [6.45, 7) is 5.42. The monoisotopic (exact) mass is 468 g/mol. The summed E-state index contributed by atoms with van der Waals surface area (Å²) in [6, 6.07) is 7.31. The first kappa shape index (κ1) is 22.6. The number of hydrogen-bond donors (Lipinski definition) is 2. The lowest BCUT2D eigenvalue weighted by Crippen LogP contribution is -2.20. The van der Waals surface area contributed by atoms with Gasteiger partial charge in [0.25, 0.3) is 11.9 Å². The number of nitrogens with one attached hydrogen (secondary N) is 1. The van der Waals surface area contributed by atoms with Gasteiger partial charge in [0, 0.05) is 17.0 Å². The fraction of sp³-hybridized carbons (Fsp3) is 0.318. The van der Waals surface area contributed by atoms with Crippen molar-refractivity contribution in [2.45, 2.75) is 26.0 Å². The molecule has 4 rings (SSSR count). The second kappa shape index (κ2) is 9.10. The molecule has 0 aliphatic carbocycles. The van der Waals surface area contributed by atoms with Crippen LogP contribution in [-0.2, 0) is 9.59 Å². The number of ether oxygens (including phenoxy) is 2. The molecule has 33 heavy (non-hydrogen) atoms.